The van der Waals surface area contributed by atoms with Gasteiger partial charge in [-0.05, 0) is 19.4 Å². The van der Waals surface area contributed by atoms with Crippen molar-refractivity contribution in [2.75, 3.05) is 6.61 Å². The number of nitrogens with one attached hydrogen (secondary N) is 1. The van der Waals surface area contributed by atoms with Crippen molar-refractivity contribution >= 4 is 5.97 Å². The van der Waals surface area contributed by atoms with Crippen LogP contribution in [0.1, 0.15) is 32.3 Å². The molecule has 0 amide bonds. The fraction of sp³-hybridized carbons (Fsp3) is 0.500. The number of ether oxygens (including phenoxy) is 1. The monoisotopic (exact) mass is 267 g/mol. The molecule has 0 fully saturated rings. The lowest BCUT2D eigenvalue weighted by Crippen LogP contribution is -2.36. The second kappa shape index (κ2) is 7.63. The van der Waals surface area contributed by atoms with Gasteiger partial charge in [0.15, 0.2) is 11.5 Å². The van der Waals surface area contributed by atoms with E-state index >= 15 is 0 Å². The Morgan fingerprint density at radius 3 is 2.74 bits per heavy atom. The Labute approximate surface area is 113 Å². The van der Waals surface area contributed by atoms with Crippen LogP contribution in [-0.2, 0) is 11.3 Å². The summed E-state index contributed by atoms with van der Waals surface area (Å²) in [6.45, 7) is 4.54. The fourth-order valence-corrected chi connectivity index (χ4v) is 1.82. The quantitative estimate of drug-likeness (QED) is 0.672. The lowest BCUT2D eigenvalue weighted by Gasteiger charge is -2.15. The number of aromatic hydroxyl groups is 1. The molecule has 1 unspecified atom stereocenters. The molecule has 19 heavy (non-hydrogen) atoms. The summed E-state index contributed by atoms with van der Waals surface area (Å²) in [6, 6.07) is 4.61. The Hall–Kier alpha value is -1.75. The second-order valence-corrected chi connectivity index (χ2v) is 4.26. The molecule has 106 valence electrons. The number of para-hydroxylation sites is 1. The van der Waals surface area contributed by atoms with Crippen LogP contribution in [0.3, 0.4) is 0 Å². The number of hydrogen-bond acceptors (Lipinski definition) is 4. The van der Waals surface area contributed by atoms with E-state index < -0.39 is 12.0 Å². The average Bonchev–Trinajstić information content (AvgIpc) is 2.38. The van der Waals surface area contributed by atoms with E-state index in [0.29, 0.717) is 30.9 Å². The maximum atomic E-state index is 11.0. The SMILES string of the molecule is CCCC(NCc1cccc(OCC)c1O)C(=O)O. The van der Waals surface area contributed by atoms with E-state index in [-0.39, 0.29) is 5.75 Å². The molecule has 1 aromatic rings. The molecule has 0 aliphatic heterocycles. The number of carbonyl (C=O) groups is 1. The fourth-order valence-electron chi connectivity index (χ4n) is 1.82. The number of carboxylic acids is 1. The van der Waals surface area contributed by atoms with Crippen LogP contribution < -0.4 is 10.1 Å². The Morgan fingerprint density at radius 2 is 2.16 bits per heavy atom. The average molecular weight is 267 g/mol. The van der Waals surface area contributed by atoms with Gasteiger partial charge in [0.05, 0.1) is 6.61 Å². The van der Waals surface area contributed by atoms with Crippen LogP contribution >= 0.6 is 0 Å². The Bertz CT molecular complexity index is 420. The lowest BCUT2D eigenvalue weighted by molar-refractivity contribution is -0.139. The minimum absolute atomic E-state index is 0.0671. The first-order valence-corrected chi connectivity index (χ1v) is 6.50. The predicted molar refractivity (Wildman–Crippen MR) is 72.4 cm³/mol. The third-order valence-corrected chi connectivity index (χ3v) is 2.80. The molecular weight excluding hydrogens is 246 g/mol. The third kappa shape index (κ3) is 4.44. The summed E-state index contributed by atoms with van der Waals surface area (Å²) in [6.07, 6.45) is 1.34. The van der Waals surface area contributed by atoms with E-state index in [1.807, 2.05) is 13.8 Å². The summed E-state index contributed by atoms with van der Waals surface area (Å²) < 4.78 is 5.28. The molecule has 1 rings (SSSR count). The molecule has 0 saturated heterocycles. The normalized spacial score (nSPS) is 12.1. The number of phenolic OH excluding ortho intramolecular Hbond substituents is 1. The standard InChI is InChI=1S/C14H21NO4/c1-3-6-11(14(17)18)15-9-10-7-5-8-12(13(10)16)19-4-2/h5,7-8,11,15-16H,3-4,6,9H2,1-2H3,(H,17,18). The number of benzene rings is 1. The molecular formula is C14H21NO4. The Kier molecular flexibility index (Phi) is 6.15. The summed E-state index contributed by atoms with van der Waals surface area (Å²) >= 11 is 0. The first-order valence-electron chi connectivity index (χ1n) is 6.50. The molecule has 0 heterocycles. The van der Waals surface area contributed by atoms with E-state index in [4.69, 9.17) is 9.84 Å². The number of rotatable bonds is 8. The number of phenols is 1. The lowest BCUT2D eigenvalue weighted by atomic mass is 10.1. The summed E-state index contributed by atoms with van der Waals surface area (Å²) in [5.74, 6) is -0.385. The maximum absolute atomic E-state index is 11.0. The van der Waals surface area contributed by atoms with Crippen LogP contribution in [0.2, 0.25) is 0 Å². The topological polar surface area (TPSA) is 78.8 Å². The molecule has 0 bridgehead atoms. The maximum Gasteiger partial charge on any atom is 0.320 e. The first kappa shape index (κ1) is 15.3. The molecule has 1 aromatic carbocycles. The smallest absolute Gasteiger partial charge is 0.320 e. The number of aliphatic carboxylic acids is 1. The van der Waals surface area contributed by atoms with Crippen molar-refractivity contribution in [2.24, 2.45) is 0 Å². The van der Waals surface area contributed by atoms with Crippen molar-refractivity contribution in [2.45, 2.75) is 39.3 Å². The van der Waals surface area contributed by atoms with E-state index in [2.05, 4.69) is 5.32 Å². The van der Waals surface area contributed by atoms with Crippen molar-refractivity contribution in [3.8, 4) is 11.5 Å². The highest BCUT2D eigenvalue weighted by Crippen LogP contribution is 2.29. The molecule has 0 saturated carbocycles. The zero-order valence-electron chi connectivity index (χ0n) is 11.3. The largest absolute Gasteiger partial charge is 0.504 e. The van der Waals surface area contributed by atoms with Gasteiger partial charge in [0.1, 0.15) is 6.04 Å². The molecule has 3 N–H and O–H groups in total. The van der Waals surface area contributed by atoms with Crippen molar-refractivity contribution in [3.63, 3.8) is 0 Å². The van der Waals surface area contributed by atoms with Gasteiger partial charge in [-0.15, -0.1) is 0 Å². The van der Waals surface area contributed by atoms with Crippen molar-refractivity contribution in [1.29, 1.82) is 0 Å². The molecule has 0 aromatic heterocycles. The van der Waals surface area contributed by atoms with Crippen LogP contribution in [0.5, 0.6) is 11.5 Å². The summed E-state index contributed by atoms with van der Waals surface area (Å²) in [7, 11) is 0. The van der Waals surface area contributed by atoms with Gasteiger partial charge in [-0.3, -0.25) is 4.79 Å². The van der Waals surface area contributed by atoms with E-state index in [1.165, 1.54) is 0 Å². The van der Waals surface area contributed by atoms with Crippen LogP contribution in [-0.4, -0.2) is 28.8 Å². The molecule has 0 aliphatic rings. The van der Waals surface area contributed by atoms with E-state index in [9.17, 15) is 9.90 Å². The summed E-state index contributed by atoms with van der Waals surface area (Å²) in [5, 5.41) is 22.0. The van der Waals surface area contributed by atoms with Gasteiger partial charge >= 0.3 is 5.97 Å². The van der Waals surface area contributed by atoms with Crippen LogP contribution in [0.15, 0.2) is 18.2 Å². The highest BCUT2D eigenvalue weighted by Gasteiger charge is 2.16. The Morgan fingerprint density at radius 1 is 1.42 bits per heavy atom. The van der Waals surface area contributed by atoms with Crippen molar-refractivity contribution in [3.05, 3.63) is 23.8 Å². The van der Waals surface area contributed by atoms with Crippen LogP contribution in [0.25, 0.3) is 0 Å². The molecule has 1 atom stereocenters. The van der Waals surface area contributed by atoms with Crippen molar-refractivity contribution in [1.82, 2.24) is 5.32 Å². The first-order chi connectivity index (χ1) is 9.10. The molecule has 5 nitrogen and oxygen atoms in total. The minimum atomic E-state index is -0.873. The zero-order valence-corrected chi connectivity index (χ0v) is 11.3. The van der Waals surface area contributed by atoms with Crippen LogP contribution in [0.4, 0.5) is 0 Å². The van der Waals surface area contributed by atoms with Crippen LogP contribution in [0, 0.1) is 0 Å². The number of hydrogen-bond donors (Lipinski definition) is 3. The van der Waals surface area contributed by atoms with Gasteiger partial charge in [0.2, 0.25) is 0 Å². The van der Waals surface area contributed by atoms with Gasteiger partial charge in [0, 0.05) is 12.1 Å². The van der Waals surface area contributed by atoms with Crippen molar-refractivity contribution < 1.29 is 19.7 Å². The summed E-state index contributed by atoms with van der Waals surface area (Å²) in [5.41, 5.74) is 0.633. The third-order valence-electron chi connectivity index (χ3n) is 2.80. The zero-order chi connectivity index (χ0) is 14.3. The van der Waals surface area contributed by atoms with Gasteiger partial charge in [-0.1, -0.05) is 25.5 Å². The second-order valence-electron chi connectivity index (χ2n) is 4.26. The molecule has 0 spiro atoms. The number of carboxylic acid groups (broad SMARTS) is 1. The highest BCUT2D eigenvalue weighted by molar-refractivity contribution is 5.73. The molecule has 0 radical (unpaired) electrons. The van der Waals surface area contributed by atoms with E-state index in [1.54, 1.807) is 18.2 Å². The van der Waals surface area contributed by atoms with Gasteiger partial charge in [-0.2, -0.15) is 0 Å². The van der Waals surface area contributed by atoms with E-state index in [0.717, 1.165) is 6.42 Å². The van der Waals surface area contributed by atoms with Gasteiger partial charge in [-0.25, -0.2) is 0 Å². The van der Waals surface area contributed by atoms with Gasteiger partial charge < -0.3 is 20.3 Å². The summed E-state index contributed by atoms with van der Waals surface area (Å²) in [4.78, 5) is 11.0. The highest BCUT2D eigenvalue weighted by atomic mass is 16.5. The minimum Gasteiger partial charge on any atom is -0.504 e. The van der Waals surface area contributed by atoms with Gasteiger partial charge in [0.25, 0.3) is 0 Å². The predicted octanol–water partition coefficient (Wildman–Crippen LogP) is 2.13. The molecule has 5 heteroatoms. The molecule has 0 aliphatic carbocycles. The Balaban J connectivity index is 2.71.